The maximum atomic E-state index is 12.8. The van der Waals surface area contributed by atoms with Crippen molar-refractivity contribution in [2.75, 3.05) is 11.1 Å². The van der Waals surface area contributed by atoms with E-state index in [0.29, 0.717) is 24.2 Å². The number of fused-ring (bicyclic) bond motifs is 2. The molecule has 122 valence electrons. The number of benzene rings is 1. The van der Waals surface area contributed by atoms with Gasteiger partial charge in [0.15, 0.2) is 5.11 Å². The van der Waals surface area contributed by atoms with E-state index in [0.717, 1.165) is 6.42 Å². The normalized spacial score (nSPS) is 27.7. The third kappa shape index (κ3) is 2.24. The van der Waals surface area contributed by atoms with Gasteiger partial charge in [0, 0.05) is 6.42 Å². The van der Waals surface area contributed by atoms with E-state index in [1.165, 1.54) is 0 Å². The van der Waals surface area contributed by atoms with Crippen molar-refractivity contribution < 1.29 is 9.59 Å². The average molecular weight is 331 g/mol. The highest BCUT2D eigenvalue weighted by atomic mass is 32.1. The Hall–Kier alpha value is -1.95. The van der Waals surface area contributed by atoms with Crippen LogP contribution in [0.4, 0.5) is 11.4 Å². The van der Waals surface area contributed by atoms with Gasteiger partial charge in [0.2, 0.25) is 5.91 Å². The summed E-state index contributed by atoms with van der Waals surface area (Å²) in [6, 6.07) is 7.17. The van der Waals surface area contributed by atoms with Gasteiger partial charge in [-0.15, -0.1) is 0 Å². The highest BCUT2D eigenvalue weighted by Gasteiger charge is 2.68. The minimum Gasteiger partial charge on any atom is -0.397 e. The minimum absolute atomic E-state index is 0.0401. The Bertz CT molecular complexity index is 701. The third-order valence-electron chi connectivity index (χ3n) is 5.72. The molecular formula is C17H21N3O2S. The smallest absolute Gasteiger partial charge is 0.240 e. The van der Waals surface area contributed by atoms with E-state index < -0.39 is 5.41 Å². The predicted octanol–water partition coefficient (Wildman–Crippen LogP) is 2.48. The van der Waals surface area contributed by atoms with Crippen LogP contribution in [0, 0.1) is 16.7 Å². The van der Waals surface area contributed by atoms with Crippen LogP contribution < -0.4 is 16.4 Å². The second kappa shape index (κ2) is 5.30. The first kappa shape index (κ1) is 15.9. The van der Waals surface area contributed by atoms with Crippen molar-refractivity contribution in [2.45, 2.75) is 33.1 Å². The minimum atomic E-state index is -0.953. The summed E-state index contributed by atoms with van der Waals surface area (Å²) in [7, 11) is 0. The molecule has 1 aromatic rings. The first-order valence-corrected chi connectivity index (χ1v) is 8.20. The number of thiocarbonyl (C=S) groups is 1. The van der Waals surface area contributed by atoms with E-state index >= 15 is 0 Å². The van der Waals surface area contributed by atoms with Crippen molar-refractivity contribution in [1.82, 2.24) is 5.32 Å². The Morgan fingerprint density at radius 3 is 2.61 bits per heavy atom. The molecule has 6 heteroatoms. The van der Waals surface area contributed by atoms with Gasteiger partial charge in [-0.25, -0.2) is 0 Å². The second-order valence-corrected chi connectivity index (χ2v) is 7.39. The lowest BCUT2D eigenvalue weighted by molar-refractivity contribution is -0.143. The summed E-state index contributed by atoms with van der Waals surface area (Å²) in [6.45, 7) is 4.03. The van der Waals surface area contributed by atoms with Crippen LogP contribution in [-0.4, -0.2) is 16.8 Å². The molecule has 3 rings (SSSR count). The van der Waals surface area contributed by atoms with Crippen LogP contribution in [-0.2, 0) is 9.59 Å². The summed E-state index contributed by atoms with van der Waals surface area (Å²) in [4.78, 5) is 25.3. The van der Waals surface area contributed by atoms with Crippen LogP contribution in [0.15, 0.2) is 24.3 Å². The fraction of sp³-hybridized carbons (Fsp3) is 0.471. The topological polar surface area (TPSA) is 84.2 Å². The molecule has 2 fully saturated rings. The lowest BCUT2D eigenvalue weighted by Gasteiger charge is -2.34. The molecule has 0 radical (unpaired) electrons. The van der Waals surface area contributed by atoms with Crippen molar-refractivity contribution in [3.8, 4) is 0 Å². The Kier molecular flexibility index (Phi) is 3.67. The number of carbonyl (C=O) groups is 2. The molecule has 2 atom stereocenters. The highest BCUT2D eigenvalue weighted by Crippen LogP contribution is 2.63. The van der Waals surface area contributed by atoms with Crippen LogP contribution in [0.2, 0.25) is 0 Å². The number of anilines is 2. The molecule has 0 aliphatic heterocycles. The summed E-state index contributed by atoms with van der Waals surface area (Å²) in [5.41, 5.74) is 5.76. The van der Waals surface area contributed by atoms with Gasteiger partial charge in [0.1, 0.15) is 11.2 Å². The molecule has 0 aromatic heterocycles. The Labute approximate surface area is 141 Å². The number of nitrogens with two attached hydrogens (primary N) is 1. The van der Waals surface area contributed by atoms with E-state index in [9.17, 15) is 9.59 Å². The van der Waals surface area contributed by atoms with E-state index in [2.05, 4.69) is 10.6 Å². The van der Waals surface area contributed by atoms with Gasteiger partial charge in [0.05, 0.1) is 11.4 Å². The molecule has 2 saturated carbocycles. The van der Waals surface area contributed by atoms with Gasteiger partial charge in [-0.3, -0.25) is 9.59 Å². The van der Waals surface area contributed by atoms with Gasteiger partial charge in [-0.1, -0.05) is 26.0 Å². The summed E-state index contributed by atoms with van der Waals surface area (Å²) >= 11 is 5.22. The second-order valence-electron chi connectivity index (χ2n) is 6.99. The number of hydrogen-bond acceptors (Lipinski definition) is 4. The molecule has 23 heavy (non-hydrogen) atoms. The van der Waals surface area contributed by atoms with Gasteiger partial charge in [-0.05, 0) is 48.5 Å². The van der Waals surface area contributed by atoms with Crippen LogP contribution in [0.25, 0.3) is 0 Å². The van der Waals surface area contributed by atoms with Crippen LogP contribution in [0.5, 0.6) is 0 Å². The number of nitrogen functional groups attached to an aromatic ring is 1. The van der Waals surface area contributed by atoms with E-state index in [1.807, 2.05) is 26.0 Å². The summed E-state index contributed by atoms with van der Waals surface area (Å²) in [6.07, 6.45) is 2.01. The quantitative estimate of drug-likeness (QED) is 0.440. The average Bonchev–Trinajstić information content (AvgIpc) is 2.84. The van der Waals surface area contributed by atoms with E-state index in [4.69, 9.17) is 18.0 Å². The van der Waals surface area contributed by atoms with Crippen molar-refractivity contribution >= 4 is 40.4 Å². The molecule has 1 amide bonds. The lowest BCUT2D eigenvalue weighted by Crippen LogP contribution is -2.52. The van der Waals surface area contributed by atoms with E-state index in [-0.39, 0.29) is 28.1 Å². The maximum Gasteiger partial charge on any atom is 0.240 e. The molecule has 0 unspecified atom stereocenters. The predicted molar refractivity (Wildman–Crippen MR) is 93.8 cm³/mol. The van der Waals surface area contributed by atoms with Gasteiger partial charge in [0.25, 0.3) is 0 Å². The third-order valence-corrected chi connectivity index (χ3v) is 5.92. The van der Waals surface area contributed by atoms with Gasteiger partial charge >= 0.3 is 0 Å². The fourth-order valence-electron chi connectivity index (χ4n) is 4.18. The van der Waals surface area contributed by atoms with Crippen LogP contribution in [0.1, 0.15) is 33.1 Å². The Balaban J connectivity index is 1.76. The number of Topliss-reactive ketones (excluding diaryl/α,β-unsaturated/α-hetero) is 1. The monoisotopic (exact) mass is 331 g/mol. The Morgan fingerprint density at radius 1 is 1.35 bits per heavy atom. The molecule has 0 heterocycles. The number of nitrogens with one attached hydrogen (secondary N) is 2. The molecular weight excluding hydrogens is 310 g/mol. The number of carbonyl (C=O) groups excluding carboxylic acids is 2. The number of ketones is 1. The number of rotatable bonds is 2. The van der Waals surface area contributed by atoms with Crippen molar-refractivity contribution in [1.29, 1.82) is 0 Å². The molecule has 0 spiro atoms. The van der Waals surface area contributed by atoms with Crippen molar-refractivity contribution in [3.05, 3.63) is 24.3 Å². The first-order chi connectivity index (χ1) is 10.8. The van der Waals surface area contributed by atoms with Crippen LogP contribution >= 0.6 is 12.2 Å². The standard InChI is InChI=1S/C17H21N3O2S/c1-16(2)10-7-8-17(16,13(21)9-10)14(22)20-15(23)19-12-6-4-3-5-11(12)18/h3-6,10H,7-9,18H2,1-2H3,(H2,19,20,22,23)/t10-,17-/m1/s1. The largest absolute Gasteiger partial charge is 0.397 e. The zero-order valence-corrected chi connectivity index (χ0v) is 14.1. The molecule has 4 N–H and O–H groups in total. The summed E-state index contributed by atoms with van der Waals surface area (Å²) in [5, 5.41) is 5.80. The number of amides is 1. The van der Waals surface area contributed by atoms with E-state index in [1.54, 1.807) is 12.1 Å². The lowest BCUT2D eigenvalue weighted by atomic mass is 9.68. The molecule has 2 bridgehead atoms. The molecule has 5 nitrogen and oxygen atoms in total. The van der Waals surface area contributed by atoms with Crippen LogP contribution in [0.3, 0.4) is 0 Å². The van der Waals surface area contributed by atoms with Gasteiger partial charge < -0.3 is 16.4 Å². The molecule has 1 aromatic carbocycles. The van der Waals surface area contributed by atoms with Crippen molar-refractivity contribution in [2.24, 2.45) is 16.7 Å². The summed E-state index contributed by atoms with van der Waals surface area (Å²) in [5.74, 6) is 0.0322. The van der Waals surface area contributed by atoms with Gasteiger partial charge in [-0.2, -0.15) is 0 Å². The highest BCUT2D eigenvalue weighted by molar-refractivity contribution is 7.80. The summed E-state index contributed by atoms with van der Waals surface area (Å²) < 4.78 is 0. The molecule has 0 saturated heterocycles. The Morgan fingerprint density at radius 2 is 2.04 bits per heavy atom. The molecule has 2 aliphatic carbocycles. The number of para-hydroxylation sites is 2. The van der Waals surface area contributed by atoms with Crippen molar-refractivity contribution in [3.63, 3.8) is 0 Å². The molecule has 2 aliphatic rings. The zero-order chi connectivity index (χ0) is 16.8. The fourth-order valence-corrected chi connectivity index (χ4v) is 4.39. The SMILES string of the molecule is CC1(C)[C@@H]2CC[C@]1(C(=O)NC(=S)Nc1ccccc1N)C(=O)C2. The first-order valence-electron chi connectivity index (χ1n) is 7.79. The maximum absolute atomic E-state index is 12.8. The number of hydrogen-bond donors (Lipinski definition) is 3. The zero-order valence-electron chi connectivity index (χ0n) is 13.3.